The summed E-state index contributed by atoms with van der Waals surface area (Å²) in [7, 11) is 16.2. The Morgan fingerprint density at radius 3 is 1.54 bits per heavy atom. The Labute approximate surface area is 482 Å². The van der Waals surface area contributed by atoms with E-state index in [0.717, 1.165) is 45.1 Å². The summed E-state index contributed by atoms with van der Waals surface area (Å²) >= 11 is 0. The summed E-state index contributed by atoms with van der Waals surface area (Å²) in [6.45, 7) is 16.6. The lowest BCUT2D eigenvalue weighted by Crippen LogP contribution is -2.68. The van der Waals surface area contributed by atoms with Crippen LogP contribution in [0.2, 0.25) is 0 Å². The minimum atomic E-state index is -1.02. The first-order chi connectivity index (χ1) is 38.9. The van der Waals surface area contributed by atoms with Crippen molar-refractivity contribution in [2.24, 2.45) is 46.3 Å². The molecule has 6 aliphatic heterocycles. The molecule has 20 heteroatoms. The maximum absolute atomic E-state index is 7.31. The molecule has 3 saturated carbocycles. The van der Waals surface area contributed by atoms with Crippen molar-refractivity contribution in [3.05, 3.63) is 11.6 Å². The van der Waals surface area contributed by atoms with Crippen LogP contribution in [0.1, 0.15) is 106 Å². The highest BCUT2D eigenvalue weighted by atomic mass is 16.8. The van der Waals surface area contributed by atoms with Crippen LogP contribution in [0.25, 0.3) is 0 Å². The molecule has 6 saturated heterocycles. The molecule has 0 radical (unpaired) electrons. The van der Waals surface area contributed by atoms with Crippen molar-refractivity contribution in [2.45, 2.75) is 247 Å². The van der Waals surface area contributed by atoms with E-state index in [-0.39, 0.29) is 41.9 Å². The van der Waals surface area contributed by atoms with Crippen LogP contribution in [-0.2, 0) is 94.7 Å². The lowest BCUT2D eigenvalue weighted by atomic mass is 9.47. The molecule has 0 unspecified atom stereocenters. The molecule has 10 rings (SSSR count). The van der Waals surface area contributed by atoms with E-state index in [1.54, 1.807) is 71.1 Å². The van der Waals surface area contributed by atoms with Gasteiger partial charge in [0, 0.05) is 83.4 Å². The lowest BCUT2D eigenvalue weighted by molar-refractivity contribution is -0.399. The molecule has 81 heavy (non-hydrogen) atoms. The molecule has 0 amide bonds. The Morgan fingerprint density at radius 1 is 0.506 bits per heavy atom. The summed E-state index contributed by atoms with van der Waals surface area (Å²) in [5.74, 6) is 2.92. The maximum atomic E-state index is 7.31. The number of fused-ring (bicyclic) bond motifs is 7. The third kappa shape index (κ3) is 11.2. The molecule has 0 N–H and O–H groups in total. The zero-order chi connectivity index (χ0) is 57.9. The molecule has 10 aliphatic rings. The van der Waals surface area contributed by atoms with Crippen LogP contribution in [-0.4, -0.2) is 225 Å². The van der Waals surface area contributed by atoms with E-state index >= 15 is 0 Å². The third-order valence-corrected chi connectivity index (χ3v) is 22.1. The van der Waals surface area contributed by atoms with Gasteiger partial charge in [0.25, 0.3) is 0 Å². The monoisotopic (exact) mass is 1150 g/mol. The fraction of sp³-hybridized carbons (Fsp3) is 0.967. The fourth-order valence-corrected chi connectivity index (χ4v) is 17.9. The van der Waals surface area contributed by atoms with E-state index in [1.165, 1.54) is 24.8 Å². The molecule has 9 fully saturated rings. The average Bonchev–Trinajstić information content (AvgIpc) is 4.16. The van der Waals surface area contributed by atoms with E-state index in [0.29, 0.717) is 35.5 Å². The van der Waals surface area contributed by atoms with Gasteiger partial charge in [-0.1, -0.05) is 39.3 Å². The second kappa shape index (κ2) is 25.9. The largest absolute Gasteiger partial charge is 0.382 e. The first kappa shape index (κ1) is 63.0. The highest BCUT2D eigenvalue weighted by Crippen LogP contribution is 2.71. The molecular formula is C61H102O20. The summed E-state index contributed by atoms with van der Waals surface area (Å²) in [5.41, 5.74) is 1.78. The molecule has 466 valence electrons. The van der Waals surface area contributed by atoms with Crippen LogP contribution in [0.15, 0.2) is 11.6 Å². The van der Waals surface area contributed by atoms with E-state index in [2.05, 4.69) is 33.8 Å². The van der Waals surface area contributed by atoms with Crippen molar-refractivity contribution in [2.75, 3.05) is 84.3 Å². The van der Waals surface area contributed by atoms with Crippen molar-refractivity contribution < 1.29 is 94.7 Å². The van der Waals surface area contributed by atoms with Crippen molar-refractivity contribution in [3.63, 3.8) is 0 Å². The minimum absolute atomic E-state index is 0.0603. The van der Waals surface area contributed by atoms with E-state index in [9.17, 15) is 0 Å². The smallest absolute Gasteiger partial charge is 0.187 e. The Hall–Kier alpha value is -1.06. The second-order valence-corrected chi connectivity index (χ2v) is 26.0. The number of hydrogen-bond donors (Lipinski definition) is 0. The van der Waals surface area contributed by atoms with Crippen molar-refractivity contribution >= 4 is 0 Å². The standard InChI is InChI=1S/C61H102O20/c1-30-20-25-61(72-28-30)31(2)42-40(81-61)27-39-37-19-18-35-26-36(21-23-59(35,6)38(37)22-24-60(39,42)7)76-58-54(80-57-52(70-16)48(66-12)44(64-10)33(4)74-57)50(68-14)46(41(77-58)29-62-8)79-56-53(71-17)49(67-13)45(34(5)75-56)78-55-51(69-15)47(65-11)43(63-9)32(3)73-55/h18,30-34,36-58H,19-29H2,1-17H3/t30-,31+,32+,33-,34+,36+,37-,38+,39+,40+,41-,42+,43+,44+,45+,46-,47-,48-,49-,50+,51-,52-,53-,54-,55+,56+,57+,58-,59+,60+,61-/m1/s1. The SMILES string of the molecule is COC[C@H]1O[C@@H](O[C@H]2CC[C@@]3(C)C(=CC[C@H]4[C@@H]5C[C@@H]6O[C@]7(CC[C@@H](C)CO7)[C@@H](C)[C@@H]6[C@@]5(C)CC[C@@H]43)C2)[C@H](O[C@@H]2O[C@H](C)[C@H](OC)[C@@H](OC)[C@H]2OC)[C@@H](OC)[C@@H]1O[C@@H]1O[C@@H](C)[C@H](O[C@@H]2O[C@@H](C)[C@H](OC)[C@@H](OC)[C@H]2OC)[C@@H](OC)[C@H]1OC. The van der Waals surface area contributed by atoms with Crippen molar-refractivity contribution in [3.8, 4) is 0 Å². The van der Waals surface area contributed by atoms with Crippen LogP contribution >= 0.6 is 0 Å². The van der Waals surface area contributed by atoms with Crippen molar-refractivity contribution in [1.82, 2.24) is 0 Å². The predicted molar refractivity (Wildman–Crippen MR) is 292 cm³/mol. The Morgan fingerprint density at radius 2 is 1.01 bits per heavy atom. The topological polar surface area (TPSA) is 185 Å². The highest BCUT2D eigenvalue weighted by Gasteiger charge is 2.69. The summed E-state index contributed by atoms with van der Waals surface area (Å²) in [6.07, 6.45) is -1.83. The summed E-state index contributed by atoms with van der Waals surface area (Å²) in [5, 5.41) is 0. The molecule has 0 bridgehead atoms. The van der Waals surface area contributed by atoms with Crippen molar-refractivity contribution in [1.29, 1.82) is 0 Å². The molecule has 0 aromatic carbocycles. The fourth-order valence-electron chi connectivity index (χ4n) is 17.9. The van der Waals surface area contributed by atoms with Crippen LogP contribution < -0.4 is 0 Å². The average molecular weight is 1160 g/mol. The van der Waals surface area contributed by atoms with Crippen LogP contribution in [0, 0.1) is 46.3 Å². The molecule has 31 atom stereocenters. The predicted octanol–water partition coefficient (Wildman–Crippen LogP) is 6.63. The summed E-state index contributed by atoms with van der Waals surface area (Å²) in [4.78, 5) is 0. The number of allylic oxidation sites excluding steroid dienone is 1. The van der Waals surface area contributed by atoms with Gasteiger partial charge in [0.1, 0.15) is 79.4 Å². The van der Waals surface area contributed by atoms with Crippen LogP contribution in [0.4, 0.5) is 0 Å². The third-order valence-electron chi connectivity index (χ3n) is 22.1. The van der Waals surface area contributed by atoms with Gasteiger partial charge in [-0.05, 0) is 113 Å². The van der Waals surface area contributed by atoms with Crippen LogP contribution in [0.5, 0.6) is 0 Å². The second-order valence-electron chi connectivity index (χ2n) is 26.0. The number of hydrogen-bond acceptors (Lipinski definition) is 20. The summed E-state index contributed by atoms with van der Waals surface area (Å²) < 4.78 is 130. The Kier molecular flexibility index (Phi) is 20.2. The molecular weight excluding hydrogens is 1050 g/mol. The zero-order valence-corrected chi connectivity index (χ0v) is 51.7. The van der Waals surface area contributed by atoms with Gasteiger partial charge >= 0.3 is 0 Å². The molecule has 1 spiro atoms. The Bertz CT molecular complexity index is 2060. The van der Waals surface area contributed by atoms with Gasteiger partial charge in [-0.2, -0.15) is 0 Å². The first-order valence-corrected chi connectivity index (χ1v) is 30.4. The van der Waals surface area contributed by atoms with Gasteiger partial charge in [-0.15, -0.1) is 0 Å². The van der Waals surface area contributed by atoms with E-state index < -0.39 is 116 Å². The van der Waals surface area contributed by atoms with E-state index in [1.807, 2.05) is 20.8 Å². The first-order valence-electron chi connectivity index (χ1n) is 30.4. The normalized spacial score (nSPS) is 52.7. The van der Waals surface area contributed by atoms with Gasteiger partial charge in [0.2, 0.25) is 0 Å². The zero-order valence-electron chi connectivity index (χ0n) is 51.7. The molecule has 4 aliphatic carbocycles. The lowest BCUT2D eigenvalue weighted by Gasteiger charge is -2.59. The van der Waals surface area contributed by atoms with Gasteiger partial charge in [0.15, 0.2) is 30.9 Å². The number of ether oxygens (including phenoxy) is 20. The minimum Gasteiger partial charge on any atom is -0.382 e. The van der Waals surface area contributed by atoms with Gasteiger partial charge in [-0.25, -0.2) is 0 Å². The number of methoxy groups -OCH3 is 10. The van der Waals surface area contributed by atoms with Gasteiger partial charge < -0.3 is 94.7 Å². The quantitative estimate of drug-likeness (QED) is 0.125. The van der Waals surface area contributed by atoms with E-state index in [4.69, 9.17) is 94.7 Å². The molecule has 20 nitrogen and oxygen atoms in total. The Balaban J connectivity index is 0.890. The molecule has 0 aromatic heterocycles. The molecule has 0 aromatic rings. The van der Waals surface area contributed by atoms with Gasteiger partial charge in [0.05, 0.1) is 43.7 Å². The van der Waals surface area contributed by atoms with Gasteiger partial charge in [-0.3, -0.25) is 0 Å². The van der Waals surface area contributed by atoms with Crippen LogP contribution in [0.3, 0.4) is 0 Å². The summed E-state index contributed by atoms with van der Waals surface area (Å²) in [6, 6.07) is 0. The highest BCUT2D eigenvalue weighted by molar-refractivity contribution is 5.26. The maximum Gasteiger partial charge on any atom is 0.187 e. The molecule has 6 heterocycles. The number of rotatable bonds is 19.